The number of nitrogens with zero attached hydrogens (tertiary/aromatic N) is 3. The van der Waals surface area contributed by atoms with E-state index >= 15 is 0 Å². The number of fused-ring (bicyclic) bond motifs is 1. The molecular formula is C14H13N4NaO4S2. The fourth-order valence-corrected chi connectivity index (χ4v) is 4.23. The van der Waals surface area contributed by atoms with Gasteiger partial charge in [0.05, 0.1) is 5.69 Å². The van der Waals surface area contributed by atoms with Crippen LogP contribution >= 0.6 is 23.1 Å². The maximum Gasteiger partial charge on any atom is 1.00 e. The van der Waals surface area contributed by atoms with Crippen LogP contribution in [-0.4, -0.2) is 49.9 Å². The molecule has 2 aliphatic heterocycles. The van der Waals surface area contributed by atoms with Gasteiger partial charge in [-0.15, -0.1) is 23.1 Å². The number of nitrogen functional groups attached to an aromatic ring is 1. The Kier molecular flexibility index (Phi) is 6.33. The van der Waals surface area contributed by atoms with Crippen molar-refractivity contribution < 1.29 is 49.4 Å². The van der Waals surface area contributed by atoms with Crippen molar-refractivity contribution in [2.75, 3.05) is 11.5 Å². The van der Waals surface area contributed by atoms with E-state index in [0.717, 1.165) is 0 Å². The number of thioether (sulfide) groups is 1. The van der Waals surface area contributed by atoms with Gasteiger partial charge >= 0.3 is 35.5 Å². The average molecular weight is 388 g/mol. The molecule has 2 atom stereocenters. The van der Waals surface area contributed by atoms with Crippen LogP contribution in [0.15, 0.2) is 28.2 Å². The molecule has 1 aromatic heterocycles. The van der Waals surface area contributed by atoms with Crippen LogP contribution in [-0.2, 0) is 9.59 Å². The van der Waals surface area contributed by atoms with Gasteiger partial charge in [0.1, 0.15) is 11.1 Å². The van der Waals surface area contributed by atoms with Crippen molar-refractivity contribution in [1.82, 2.24) is 9.88 Å². The van der Waals surface area contributed by atoms with Gasteiger partial charge < -0.3 is 15.9 Å². The predicted molar refractivity (Wildman–Crippen MR) is 90.2 cm³/mol. The molecule has 126 valence electrons. The molecule has 25 heavy (non-hydrogen) atoms. The summed E-state index contributed by atoms with van der Waals surface area (Å²) < 4.78 is 0. The normalized spacial score (nSPS) is 23.3. The molecule has 1 fully saturated rings. The van der Waals surface area contributed by atoms with Gasteiger partial charge in [0.2, 0.25) is 0 Å². The molecule has 0 saturated carbocycles. The third-order valence-electron chi connectivity index (χ3n) is 3.61. The van der Waals surface area contributed by atoms with E-state index in [0.29, 0.717) is 16.6 Å². The first-order chi connectivity index (χ1) is 11.4. The molecule has 1 amide bonds. The molecule has 2 aliphatic rings. The number of amides is 1. The maximum absolute atomic E-state index is 12.4. The van der Waals surface area contributed by atoms with Crippen molar-refractivity contribution in [2.45, 2.75) is 18.3 Å². The van der Waals surface area contributed by atoms with Gasteiger partial charge in [-0.3, -0.25) is 14.7 Å². The minimum Gasteiger partial charge on any atom is -0.858 e. The topological polar surface area (TPSA) is 132 Å². The third kappa shape index (κ3) is 3.63. The molecule has 0 bridgehead atoms. The van der Waals surface area contributed by atoms with Crippen LogP contribution in [0.25, 0.3) is 5.57 Å². The second-order valence-electron chi connectivity index (χ2n) is 4.98. The van der Waals surface area contributed by atoms with Crippen molar-refractivity contribution >= 4 is 51.6 Å². The Labute approximate surface area is 173 Å². The SMILES string of the molecule is C/C=C(\C([O-])=N[C@@H]1C(=O)N2C(C(=O)O)=CCS[C@H]12)c1csc(N)n1.[Na+]. The van der Waals surface area contributed by atoms with E-state index in [1.165, 1.54) is 34.1 Å². The van der Waals surface area contributed by atoms with Crippen LogP contribution in [0.3, 0.4) is 0 Å². The zero-order valence-corrected chi connectivity index (χ0v) is 17.1. The standard InChI is InChI=1S/C14H14N4O4S2.Na/c1-2-6(7-5-24-14(15)16-7)10(19)17-9-11(20)18-8(13(21)22)3-4-23-12(9)18;/h2-3,5,9,12H,4H2,1H3,(H2,15,16)(H,17,19)(H,21,22);/q;+1/p-1/b6-2-;/t9-,12-;/m1./s1. The van der Waals surface area contributed by atoms with Crippen LogP contribution in [0.5, 0.6) is 0 Å². The van der Waals surface area contributed by atoms with Crippen LogP contribution in [0.4, 0.5) is 5.13 Å². The molecule has 3 heterocycles. The molecule has 11 heteroatoms. The summed E-state index contributed by atoms with van der Waals surface area (Å²) in [6.45, 7) is 1.67. The molecule has 1 saturated heterocycles. The summed E-state index contributed by atoms with van der Waals surface area (Å²) in [6.07, 6.45) is 3.05. The number of hydrogen-bond donors (Lipinski definition) is 2. The van der Waals surface area contributed by atoms with Gasteiger partial charge in [-0.05, 0) is 18.9 Å². The number of carboxylic acid groups (broad SMARTS) is 1. The minimum absolute atomic E-state index is 0. The first kappa shape index (κ1) is 20.0. The molecular weight excluding hydrogens is 375 g/mol. The van der Waals surface area contributed by atoms with E-state index in [1.807, 2.05) is 0 Å². The predicted octanol–water partition coefficient (Wildman–Crippen LogP) is -2.86. The number of hydrogen-bond acceptors (Lipinski definition) is 8. The Hall–Kier alpha value is -1.33. The molecule has 0 aromatic carbocycles. The summed E-state index contributed by atoms with van der Waals surface area (Å²) in [5.74, 6) is -1.75. The Morgan fingerprint density at radius 3 is 2.88 bits per heavy atom. The van der Waals surface area contributed by atoms with Crippen LogP contribution in [0, 0.1) is 0 Å². The Morgan fingerprint density at radius 1 is 1.60 bits per heavy atom. The monoisotopic (exact) mass is 388 g/mol. The molecule has 8 nitrogen and oxygen atoms in total. The van der Waals surface area contributed by atoms with Crippen molar-refractivity contribution in [3.8, 4) is 0 Å². The van der Waals surface area contributed by atoms with Crippen molar-refractivity contribution in [2.24, 2.45) is 4.99 Å². The van der Waals surface area contributed by atoms with Crippen molar-refractivity contribution in [1.29, 1.82) is 0 Å². The largest absolute Gasteiger partial charge is 1.00 e. The first-order valence-electron chi connectivity index (χ1n) is 6.95. The number of aromatic nitrogens is 1. The Morgan fingerprint density at radius 2 is 2.32 bits per heavy atom. The zero-order valence-electron chi connectivity index (χ0n) is 13.5. The smallest absolute Gasteiger partial charge is 0.858 e. The molecule has 0 aliphatic carbocycles. The quantitative estimate of drug-likeness (QED) is 0.245. The number of thiazole rings is 1. The van der Waals surface area contributed by atoms with E-state index in [2.05, 4.69) is 9.98 Å². The molecule has 0 spiro atoms. The third-order valence-corrected chi connectivity index (χ3v) is 5.45. The molecule has 0 radical (unpaired) electrons. The summed E-state index contributed by atoms with van der Waals surface area (Å²) in [5.41, 5.74) is 6.20. The number of carboxylic acids is 1. The molecule has 3 N–H and O–H groups in total. The molecule has 3 rings (SSSR count). The molecule has 1 aromatic rings. The summed E-state index contributed by atoms with van der Waals surface area (Å²) in [4.78, 5) is 32.6. The number of carbonyl (C=O) groups is 2. The van der Waals surface area contributed by atoms with Crippen molar-refractivity contribution in [3.05, 3.63) is 28.9 Å². The summed E-state index contributed by atoms with van der Waals surface area (Å²) in [5, 5.41) is 23.0. The number of rotatable bonds is 4. The van der Waals surface area contributed by atoms with Gasteiger partial charge in [0, 0.05) is 16.7 Å². The second-order valence-corrected chi connectivity index (χ2v) is 7.02. The number of aliphatic imine (C=N–C) groups is 1. The zero-order chi connectivity index (χ0) is 17.4. The number of allylic oxidation sites excluding steroid dienone is 1. The number of carbonyl (C=O) groups excluding carboxylic acids is 1. The van der Waals surface area contributed by atoms with Gasteiger partial charge in [-0.2, -0.15) is 0 Å². The number of aliphatic carboxylic acids is 1. The van der Waals surface area contributed by atoms with Gasteiger partial charge in [-0.1, -0.05) is 6.08 Å². The summed E-state index contributed by atoms with van der Waals surface area (Å²) in [6, 6.07) is -0.878. The van der Waals surface area contributed by atoms with E-state index in [4.69, 9.17) is 10.8 Å². The minimum atomic E-state index is -1.16. The van der Waals surface area contributed by atoms with Crippen LogP contribution < -0.4 is 40.4 Å². The average Bonchev–Trinajstić information content (AvgIpc) is 2.98. The van der Waals surface area contributed by atoms with E-state index < -0.39 is 29.2 Å². The summed E-state index contributed by atoms with van der Waals surface area (Å²) >= 11 is 2.58. The number of anilines is 1. The van der Waals surface area contributed by atoms with Crippen molar-refractivity contribution in [3.63, 3.8) is 0 Å². The van der Waals surface area contributed by atoms with Crippen LogP contribution in [0.2, 0.25) is 0 Å². The first-order valence-corrected chi connectivity index (χ1v) is 8.88. The van der Waals surface area contributed by atoms with E-state index in [9.17, 15) is 14.7 Å². The second kappa shape index (κ2) is 7.92. The van der Waals surface area contributed by atoms with Gasteiger partial charge in [0.15, 0.2) is 11.2 Å². The maximum atomic E-state index is 12.4. The van der Waals surface area contributed by atoms with Gasteiger partial charge in [-0.25, -0.2) is 9.78 Å². The Bertz CT molecular complexity index is 805. The number of β-lactam (4-membered cyclic amide) rings is 1. The summed E-state index contributed by atoms with van der Waals surface area (Å²) in [7, 11) is 0. The fourth-order valence-electron chi connectivity index (χ4n) is 2.49. The van der Waals surface area contributed by atoms with E-state index in [1.54, 1.807) is 18.4 Å². The van der Waals surface area contributed by atoms with E-state index in [-0.39, 0.29) is 40.8 Å². The molecule has 0 unspecified atom stereocenters. The Balaban J connectivity index is 0.00000225. The number of nitrogens with two attached hydrogens (primary N) is 1. The van der Waals surface area contributed by atoms with Crippen LogP contribution in [0.1, 0.15) is 12.6 Å². The fraction of sp³-hybridized carbons (Fsp3) is 0.286. The van der Waals surface area contributed by atoms with Gasteiger partial charge in [0.25, 0.3) is 5.91 Å².